The standard InChI is InChI=1S/C19H25N3O/c1-16-6-7-17(23-16)15-22-12-4-8-19(22)9-13-21(14-10-19)18-5-2-3-11-20-18/h2-3,5-7,11H,4,8-10,12-15H2,1H3. The molecule has 4 heterocycles. The fourth-order valence-electron chi connectivity index (χ4n) is 4.26. The Morgan fingerprint density at radius 1 is 1.09 bits per heavy atom. The smallest absolute Gasteiger partial charge is 0.128 e. The number of hydrogen-bond acceptors (Lipinski definition) is 4. The molecule has 0 N–H and O–H groups in total. The zero-order valence-electron chi connectivity index (χ0n) is 13.9. The lowest BCUT2D eigenvalue weighted by Gasteiger charge is -2.45. The summed E-state index contributed by atoms with van der Waals surface area (Å²) < 4.78 is 5.81. The van der Waals surface area contributed by atoms with Crippen LogP contribution in [0.5, 0.6) is 0 Å². The maximum Gasteiger partial charge on any atom is 0.128 e. The summed E-state index contributed by atoms with van der Waals surface area (Å²) in [5.41, 5.74) is 0.367. The Morgan fingerprint density at radius 3 is 2.65 bits per heavy atom. The lowest BCUT2D eigenvalue weighted by molar-refractivity contribution is 0.0919. The Morgan fingerprint density at radius 2 is 1.96 bits per heavy atom. The molecule has 0 unspecified atom stereocenters. The summed E-state index contributed by atoms with van der Waals surface area (Å²) in [6, 6.07) is 10.4. The van der Waals surface area contributed by atoms with Gasteiger partial charge in [0.05, 0.1) is 6.54 Å². The van der Waals surface area contributed by atoms with Crippen LogP contribution in [0.25, 0.3) is 0 Å². The van der Waals surface area contributed by atoms with Gasteiger partial charge in [-0.15, -0.1) is 0 Å². The van der Waals surface area contributed by atoms with Gasteiger partial charge in [0.2, 0.25) is 0 Å². The summed E-state index contributed by atoms with van der Waals surface area (Å²) in [6.45, 7) is 6.38. The zero-order chi connectivity index (χ0) is 15.7. The number of rotatable bonds is 3. The molecule has 0 radical (unpaired) electrons. The minimum Gasteiger partial charge on any atom is -0.465 e. The quantitative estimate of drug-likeness (QED) is 0.867. The normalized spacial score (nSPS) is 21.2. The lowest BCUT2D eigenvalue weighted by atomic mass is 9.85. The molecule has 2 aromatic rings. The van der Waals surface area contributed by atoms with Crippen molar-refractivity contribution in [3.8, 4) is 0 Å². The third-order valence-corrected chi connectivity index (χ3v) is 5.55. The van der Waals surface area contributed by atoms with Crippen LogP contribution in [0.15, 0.2) is 40.9 Å². The number of aryl methyl sites for hydroxylation is 1. The van der Waals surface area contributed by atoms with Crippen molar-refractivity contribution >= 4 is 5.82 Å². The first-order chi connectivity index (χ1) is 11.3. The van der Waals surface area contributed by atoms with E-state index in [1.54, 1.807) is 0 Å². The van der Waals surface area contributed by atoms with Crippen molar-refractivity contribution < 1.29 is 4.42 Å². The molecule has 0 saturated carbocycles. The summed E-state index contributed by atoms with van der Waals surface area (Å²) in [5, 5.41) is 0. The Hall–Kier alpha value is -1.81. The Bertz CT molecular complexity index is 644. The van der Waals surface area contributed by atoms with E-state index in [1.165, 1.54) is 32.2 Å². The SMILES string of the molecule is Cc1ccc(CN2CCCC23CCN(c2ccccn2)CC3)o1. The monoisotopic (exact) mass is 311 g/mol. The maximum atomic E-state index is 5.81. The Labute approximate surface area is 138 Å². The molecule has 0 aromatic carbocycles. The number of piperidine rings is 1. The number of likely N-dealkylation sites (tertiary alicyclic amines) is 1. The van der Waals surface area contributed by atoms with Crippen LogP contribution in [0.1, 0.15) is 37.2 Å². The molecule has 0 aliphatic carbocycles. The van der Waals surface area contributed by atoms with Gasteiger partial charge in [0.15, 0.2) is 0 Å². The van der Waals surface area contributed by atoms with E-state index in [0.29, 0.717) is 5.54 Å². The van der Waals surface area contributed by atoms with E-state index < -0.39 is 0 Å². The molecule has 4 heteroatoms. The Balaban J connectivity index is 1.44. The van der Waals surface area contributed by atoms with E-state index in [2.05, 4.69) is 39.0 Å². The molecule has 0 amide bonds. The molecule has 2 aromatic heterocycles. The van der Waals surface area contributed by atoms with Gasteiger partial charge in [-0.25, -0.2) is 4.98 Å². The molecular formula is C19H25N3O. The highest BCUT2D eigenvalue weighted by atomic mass is 16.3. The van der Waals surface area contributed by atoms with Gasteiger partial charge in [-0.1, -0.05) is 6.07 Å². The van der Waals surface area contributed by atoms with Gasteiger partial charge >= 0.3 is 0 Å². The van der Waals surface area contributed by atoms with E-state index in [-0.39, 0.29) is 0 Å². The molecule has 4 nitrogen and oxygen atoms in total. The highest BCUT2D eigenvalue weighted by Gasteiger charge is 2.43. The van der Waals surface area contributed by atoms with Gasteiger partial charge in [-0.3, -0.25) is 4.90 Å². The first kappa shape index (κ1) is 14.8. The average Bonchev–Trinajstić information content (AvgIpc) is 3.17. The van der Waals surface area contributed by atoms with E-state index in [4.69, 9.17) is 4.42 Å². The molecule has 122 valence electrons. The van der Waals surface area contributed by atoms with E-state index in [9.17, 15) is 0 Å². The van der Waals surface area contributed by atoms with Gasteiger partial charge in [-0.2, -0.15) is 0 Å². The summed E-state index contributed by atoms with van der Waals surface area (Å²) in [6.07, 6.45) is 6.97. The largest absolute Gasteiger partial charge is 0.465 e. The van der Waals surface area contributed by atoms with Gasteiger partial charge in [0.1, 0.15) is 17.3 Å². The molecule has 2 aliphatic rings. The van der Waals surface area contributed by atoms with Crippen molar-refractivity contribution in [1.82, 2.24) is 9.88 Å². The van der Waals surface area contributed by atoms with Crippen molar-refractivity contribution in [1.29, 1.82) is 0 Å². The van der Waals surface area contributed by atoms with Crippen LogP contribution in [0.4, 0.5) is 5.82 Å². The third-order valence-electron chi connectivity index (χ3n) is 5.55. The first-order valence-electron chi connectivity index (χ1n) is 8.72. The molecule has 2 fully saturated rings. The van der Waals surface area contributed by atoms with Gasteiger partial charge in [0, 0.05) is 24.8 Å². The van der Waals surface area contributed by atoms with Crippen molar-refractivity contribution in [2.75, 3.05) is 24.5 Å². The minimum atomic E-state index is 0.367. The summed E-state index contributed by atoms with van der Waals surface area (Å²) in [4.78, 5) is 9.60. The van der Waals surface area contributed by atoms with E-state index >= 15 is 0 Å². The number of furan rings is 1. The van der Waals surface area contributed by atoms with Gasteiger partial charge in [0.25, 0.3) is 0 Å². The zero-order valence-corrected chi connectivity index (χ0v) is 13.9. The first-order valence-corrected chi connectivity index (χ1v) is 8.72. The molecule has 2 saturated heterocycles. The second-order valence-electron chi connectivity index (χ2n) is 6.94. The van der Waals surface area contributed by atoms with Crippen LogP contribution in [0.2, 0.25) is 0 Å². The predicted molar refractivity (Wildman–Crippen MR) is 91.5 cm³/mol. The molecule has 23 heavy (non-hydrogen) atoms. The predicted octanol–water partition coefficient (Wildman–Crippen LogP) is 3.62. The van der Waals surface area contributed by atoms with Gasteiger partial charge < -0.3 is 9.32 Å². The van der Waals surface area contributed by atoms with Crippen LogP contribution >= 0.6 is 0 Å². The van der Waals surface area contributed by atoms with Crippen LogP contribution in [0.3, 0.4) is 0 Å². The molecular weight excluding hydrogens is 286 g/mol. The van der Waals surface area contributed by atoms with Crippen molar-refractivity contribution in [2.24, 2.45) is 0 Å². The van der Waals surface area contributed by atoms with Crippen molar-refractivity contribution in [3.05, 3.63) is 48.0 Å². The van der Waals surface area contributed by atoms with Crippen LogP contribution < -0.4 is 4.90 Å². The molecule has 1 spiro atoms. The van der Waals surface area contributed by atoms with Crippen LogP contribution in [-0.2, 0) is 6.54 Å². The maximum absolute atomic E-state index is 5.81. The molecule has 2 aliphatic heterocycles. The van der Waals surface area contributed by atoms with Gasteiger partial charge in [-0.05, 0) is 63.4 Å². The Kier molecular flexibility index (Phi) is 3.85. The second kappa shape index (κ2) is 6.00. The molecule has 4 rings (SSSR count). The van der Waals surface area contributed by atoms with E-state index in [0.717, 1.165) is 37.0 Å². The third kappa shape index (κ3) is 2.88. The minimum absolute atomic E-state index is 0.367. The van der Waals surface area contributed by atoms with Crippen LogP contribution in [-0.4, -0.2) is 35.1 Å². The number of aromatic nitrogens is 1. The summed E-state index contributed by atoms with van der Waals surface area (Å²) >= 11 is 0. The second-order valence-corrected chi connectivity index (χ2v) is 6.94. The van der Waals surface area contributed by atoms with E-state index in [1.807, 2.05) is 19.2 Å². The summed E-state index contributed by atoms with van der Waals surface area (Å²) in [5.74, 6) is 3.24. The topological polar surface area (TPSA) is 32.5 Å². The van der Waals surface area contributed by atoms with Crippen molar-refractivity contribution in [2.45, 2.75) is 44.7 Å². The summed E-state index contributed by atoms with van der Waals surface area (Å²) in [7, 11) is 0. The number of anilines is 1. The van der Waals surface area contributed by atoms with Crippen LogP contribution in [0, 0.1) is 6.92 Å². The highest BCUT2D eigenvalue weighted by molar-refractivity contribution is 5.38. The fraction of sp³-hybridized carbons (Fsp3) is 0.526. The fourth-order valence-corrected chi connectivity index (χ4v) is 4.26. The average molecular weight is 311 g/mol. The molecule has 0 bridgehead atoms. The van der Waals surface area contributed by atoms with Crippen molar-refractivity contribution in [3.63, 3.8) is 0 Å². The number of pyridine rings is 1. The lowest BCUT2D eigenvalue weighted by Crippen LogP contribution is -2.52. The number of nitrogens with zero attached hydrogens (tertiary/aromatic N) is 3. The highest BCUT2D eigenvalue weighted by Crippen LogP contribution is 2.40. The number of hydrogen-bond donors (Lipinski definition) is 0. The molecule has 0 atom stereocenters.